The first-order chi connectivity index (χ1) is 12.3. The van der Waals surface area contributed by atoms with Gasteiger partial charge in [-0.1, -0.05) is 11.6 Å². The number of nitrogens with zero attached hydrogens (tertiary/aromatic N) is 3. The Morgan fingerprint density at radius 3 is 2.50 bits per heavy atom. The van der Waals surface area contributed by atoms with E-state index in [1.165, 1.54) is 19.9 Å². The van der Waals surface area contributed by atoms with E-state index in [9.17, 15) is 24.5 Å². The lowest BCUT2D eigenvalue weighted by Crippen LogP contribution is -2.44. The Bertz CT molecular complexity index is 738. The minimum atomic E-state index is -1.70. The van der Waals surface area contributed by atoms with E-state index in [-0.39, 0.29) is 23.9 Å². The van der Waals surface area contributed by atoms with Crippen LogP contribution in [0.25, 0.3) is 0 Å². The van der Waals surface area contributed by atoms with Crippen molar-refractivity contribution >= 4 is 40.8 Å². The number of hydrogen-bond acceptors (Lipinski definition) is 9. The van der Waals surface area contributed by atoms with Gasteiger partial charge in [0.15, 0.2) is 5.69 Å². The van der Waals surface area contributed by atoms with Crippen LogP contribution in [0, 0.1) is 10.1 Å². The van der Waals surface area contributed by atoms with Gasteiger partial charge in [-0.25, -0.2) is 9.59 Å². The van der Waals surface area contributed by atoms with Gasteiger partial charge in [0.25, 0.3) is 5.69 Å². The molecule has 1 atom stereocenters. The molecule has 0 aliphatic rings. The number of carbonyl (C=O) groups excluding carboxylic acids is 3. The molecule has 0 bridgehead atoms. The van der Waals surface area contributed by atoms with Gasteiger partial charge >= 0.3 is 17.8 Å². The highest BCUT2D eigenvalue weighted by Crippen LogP contribution is 2.30. The number of nitro groups is 1. The monoisotopic (exact) mass is 386 g/mol. The van der Waals surface area contributed by atoms with Gasteiger partial charge in [-0.05, 0) is 26.0 Å². The van der Waals surface area contributed by atoms with Crippen LogP contribution in [-0.2, 0) is 23.9 Å². The molecule has 0 saturated heterocycles. The highest BCUT2D eigenvalue weighted by Gasteiger charge is 2.26. The van der Waals surface area contributed by atoms with E-state index < -0.39 is 34.6 Å². The highest BCUT2D eigenvalue weighted by atomic mass is 35.5. The van der Waals surface area contributed by atoms with Gasteiger partial charge in [-0.2, -0.15) is 5.11 Å². The average molecular weight is 387 g/mol. The largest absolute Gasteiger partial charge is 0.463 e. The molecule has 26 heavy (non-hydrogen) atoms. The fourth-order valence-electron chi connectivity index (χ4n) is 1.59. The number of halogens is 1. The maximum Gasteiger partial charge on any atom is 0.396 e. The molecule has 1 N–H and O–H groups in total. The number of azo groups is 1. The lowest BCUT2D eigenvalue weighted by molar-refractivity contribution is -0.384. The van der Waals surface area contributed by atoms with E-state index in [0.29, 0.717) is 0 Å². The fourth-order valence-corrected chi connectivity index (χ4v) is 1.75. The van der Waals surface area contributed by atoms with E-state index in [1.807, 2.05) is 5.32 Å². The molecule has 0 saturated carbocycles. The third kappa shape index (κ3) is 6.09. The van der Waals surface area contributed by atoms with Crippen LogP contribution in [0.4, 0.5) is 11.4 Å². The molecule has 0 fully saturated rings. The quantitative estimate of drug-likeness (QED) is 0.247. The zero-order chi connectivity index (χ0) is 19.7. The van der Waals surface area contributed by atoms with Crippen molar-refractivity contribution in [2.75, 3.05) is 13.2 Å². The van der Waals surface area contributed by atoms with Crippen LogP contribution < -0.4 is 5.32 Å². The van der Waals surface area contributed by atoms with Crippen molar-refractivity contribution in [3.8, 4) is 0 Å². The van der Waals surface area contributed by atoms with Crippen LogP contribution in [-0.4, -0.2) is 42.1 Å². The Kier molecular flexibility index (Phi) is 8.09. The Hall–Kier alpha value is -3.08. The van der Waals surface area contributed by atoms with E-state index in [4.69, 9.17) is 16.3 Å². The number of amides is 1. The topological polar surface area (TPSA) is 150 Å². The summed E-state index contributed by atoms with van der Waals surface area (Å²) in [6, 6.07) is 3.54. The van der Waals surface area contributed by atoms with Crippen molar-refractivity contribution in [1.29, 1.82) is 0 Å². The first kappa shape index (κ1) is 21.0. The van der Waals surface area contributed by atoms with Gasteiger partial charge in [-0.15, -0.1) is 5.11 Å². The molecule has 0 radical (unpaired) electrons. The van der Waals surface area contributed by atoms with Crippen LogP contribution in [0.2, 0.25) is 5.02 Å². The molecule has 11 nitrogen and oxygen atoms in total. The van der Waals surface area contributed by atoms with Crippen molar-refractivity contribution in [2.24, 2.45) is 10.2 Å². The Morgan fingerprint density at radius 1 is 1.27 bits per heavy atom. The first-order valence-corrected chi connectivity index (χ1v) is 7.67. The molecule has 0 aromatic heterocycles. The van der Waals surface area contributed by atoms with E-state index in [2.05, 4.69) is 15.0 Å². The third-order valence-corrected chi connectivity index (χ3v) is 2.89. The maximum absolute atomic E-state index is 11.9. The fraction of sp³-hybridized carbons (Fsp3) is 0.357. The molecule has 1 aromatic rings. The maximum atomic E-state index is 11.9. The molecule has 1 rings (SSSR count). The predicted octanol–water partition coefficient (Wildman–Crippen LogP) is 1.90. The summed E-state index contributed by atoms with van der Waals surface area (Å²) in [6.07, 6.45) is -1.70. The SMILES string of the molecule is CCOC(=O)C(=O)NC(N=Nc1cc(Cl)ccc1[N+](=O)[O-])C(=O)OCC. The van der Waals surface area contributed by atoms with Crippen molar-refractivity contribution in [3.05, 3.63) is 33.3 Å². The normalized spacial score (nSPS) is 11.7. The Morgan fingerprint density at radius 2 is 1.92 bits per heavy atom. The van der Waals surface area contributed by atoms with E-state index in [0.717, 1.165) is 12.1 Å². The molecular formula is C14H15ClN4O7. The molecule has 0 spiro atoms. The van der Waals surface area contributed by atoms with Crippen molar-refractivity contribution in [3.63, 3.8) is 0 Å². The Labute approximate surface area is 152 Å². The number of carbonyl (C=O) groups is 3. The zero-order valence-corrected chi connectivity index (χ0v) is 14.6. The van der Waals surface area contributed by atoms with Crippen LogP contribution in [0.3, 0.4) is 0 Å². The van der Waals surface area contributed by atoms with Gasteiger partial charge in [0.1, 0.15) is 0 Å². The molecule has 0 aliphatic heterocycles. The standard InChI is InChI=1S/C14H15ClN4O7/c1-3-25-13(21)11(16-12(20)14(22)26-4-2)18-17-9-7-8(15)5-6-10(9)19(23)24/h5-7,11H,3-4H2,1-2H3,(H,16,20). The van der Waals surface area contributed by atoms with Gasteiger partial charge < -0.3 is 14.8 Å². The number of nitrogens with one attached hydrogen (secondary N) is 1. The second-order valence-corrected chi connectivity index (χ2v) is 4.89. The number of nitro benzene ring substituents is 1. The first-order valence-electron chi connectivity index (χ1n) is 7.29. The number of ether oxygens (including phenoxy) is 2. The summed E-state index contributed by atoms with van der Waals surface area (Å²) < 4.78 is 9.21. The second kappa shape index (κ2) is 10.0. The van der Waals surface area contributed by atoms with Crippen LogP contribution in [0.15, 0.2) is 28.4 Å². The smallest absolute Gasteiger partial charge is 0.396 e. The summed E-state index contributed by atoms with van der Waals surface area (Å²) in [5.74, 6) is -3.49. The molecule has 0 heterocycles. The second-order valence-electron chi connectivity index (χ2n) is 4.45. The van der Waals surface area contributed by atoms with Gasteiger partial charge in [0, 0.05) is 11.1 Å². The molecule has 12 heteroatoms. The molecule has 0 aliphatic carbocycles. The van der Waals surface area contributed by atoms with Crippen molar-refractivity contribution < 1.29 is 28.8 Å². The summed E-state index contributed by atoms with van der Waals surface area (Å²) in [6.45, 7) is 2.93. The molecular weight excluding hydrogens is 372 g/mol. The number of rotatable bonds is 7. The number of esters is 2. The minimum absolute atomic E-state index is 0.0303. The molecule has 140 valence electrons. The summed E-state index contributed by atoms with van der Waals surface area (Å²) >= 11 is 5.76. The van der Waals surface area contributed by atoms with E-state index >= 15 is 0 Å². The molecule has 1 unspecified atom stereocenters. The lowest BCUT2D eigenvalue weighted by Gasteiger charge is -2.11. The van der Waals surface area contributed by atoms with Crippen LogP contribution in [0.5, 0.6) is 0 Å². The zero-order valence-electron chi connectivity index (χ0n) is 13.8. The van der Waals surface area contributed by atoms with Crippen LogP contribution in [0.1, 0.15) is 13.8 Å². The Balaban J connectivity index is 3.09. The van der Waals surface area contributed by atoms with Gasteiger partial charge in [0.2, 0.25) is 6.17 Å². The van der Waals surface area contributed by atoms with Gasteiger partial charge in [-0.3, -0.25) is 14.9 Å². The number of benzene rings is 1. The molecule has 1 aromatic carbocycles. The lowest BCUT2D eigenvalue weighted by atomic mass is 10.3. The van der Waals surface area contributed by atoms with Crippen molar-refractivity contribution in [1.82, 2.24) is 5.32 Å². The van der Waals surface area contributed by atoms with Gasteiger partial charge in [0.05, 0.1) is 18.1 Å². The minimum Gasteiger partial charge on any atom is -0.463 e. The predicted molar refractivity (Wildman–Crippen MR) is 87.8 cm³/mol. The summed E-state index contributed by atoms with van der Waals surface area (Å²) in [5, 5.41) is 20.2. The van der Waals surface area contributed by atoms with E-state index in [1.54, 1.807) is 0 Å². The van der Waals surface area contributed by atoms with Crippen molar-refractivity contribution in [2.45, 2.75) is 20.0 Å². The molecule has 1 amide bonds. The number of hydrogen-bond donors (Lipinski definition) is 1. The average Bonchev–Trinajstić information content (AvgIpc) is 2.58. The summed E-state index contributed by atoms with van der Waals surface area (Å²) in [4.78, 5) is 45.2. The summed E-state index contributed by atoms with van der Waals surface area (Å²) in [5.41, 5.74) is -0.667. The van der Waals surface area contributed by atoms with Crippen LogP contribution >= 0.6 is 11.6 Å². The third-order valence-electron chi connectivity index (χ3n) is 2.65. The highest BCUT2D eigenvalue weighted by molar-refractivity contribution is 6.32. The summed E-state index contributed by atoms with van der Waals surface area (Å²) in [7, 11) is 0.